The van der Waals surface area contributed by atoms with Crippen LogP contribution < -0.4 is 10.5 Å². The molecule has 0 heterocycles. The maximum atomic E-state index is 10.6. The van der Waals surface area contributed by atoms with E-state index in [1.165, 1.54) is 25.3 Å². The van der Waals surface area contributed by atoms with Crippen LogP contribution in [0.2, 0.25) is 0 Å². The first-order chi connectivity index (χ1) is 7.95. The van der Waals surface area contributed by atoms with Crippen LogP contribution >= 0.6 is 0 Å². The molecule has 0 aliphatic heterocycles. The summed E-state index contributed by atoms with van der Waals surface area (Å²) >= 11 is 0. The highest BCUT2D eigenvalue weighted by molar-refractivity contribution is 5.74. The fraction of sp³-hybridized carbons (Fsp3) is 0.364. The molecule has 0 spiro atoms. The van der Waals surface area contributed by atoms with Crippen molar-refractivity contribution in [2.75, 3.05) is 7.11 Å². The Morgan fingerprint density at radius 3 is 2.65 bits per heavy atom. The predicted molar refractivity (Wildman–Crippen MR) is 59.4 cm³/mol. The van der Waals surface area contributed by atoms with Crippen molar-refractivity contribution in [1.29, 1.82) is 0 Å². The molecule has 6 nitrogen and oxygen atoms in total. The van der Waals surface area contributed by atoms with Crippen LogP contribution in [0, 0.1) is 0 Å². The van der Waals surface area contributed by atoms with Gasteiger partial charge in [0.25, 0.3) is 0 Å². The summed E-state index contributed by atoms with van der Waals surface area (Å²) in [6.45, 7) is 0. The van der Waals surface area contributed by atoms with E-state index in [-0.39, 0.29) is 23.5 Å². The van der Waals surface area contributed by atoms with E-state index in [9.17, 15) is 20.1 Å². The third-order valence-corrected chi connectivity index (χ3v) is 2.31. The summed E-state index contributed by atoms with van der Waals surface area (Å²) in [6, 6.07) is 4.05. The molecule has 0 aromatic heterocycles. The number of ether oxygens (including phenoxy) is 1. The highest BCUT2D eigenvalue weighted by atomic mass is 16.5. The lowest BCUT2D eigenvalue weighted by atomic mass is 10.0. The van der Waals surface area contributed by atoms with Crippen molar-refractivity contribution in [2.45, 2.75) is 18.6 Å². The number of nitrogens with two attached hydrogens (primary N) is 1. The van der Waals surface area contributed by atoms with Crippen LogP contribution in [-0.2, 0) is 4.79 Å². The first kappa shape index (κ1) is 13.3. The van der Waals surface area contributed by atoms with E-state index in [0.717, 1.165) is 0 Å². The summed E-state index contributed by atoms with van der Waals surface area (Å²) in [6.07, 6.45) is -2.98. The van der Waals surface area contributed by atoms with Crippen LogP contribution in [0.25, 0.3) is 0 Å². The molecular formula is C11H15NO5. The second-order valence-electron chi connectivity index (χ2n) is 3.61. The molecule has 0 saturated carbocycles. The Bertz CT molecular complexity index is 407. The third-order valence-electron chi connectivity index (χ3n) is 2.31. The van der Waals surface area contributed by atoms with Gasteiger partial charge < -0.3 is 25.8 Å². The van der Waals surface area contributed by atoms with Crippen LogP contribution in [0.4, 0.5) is 0 Å². The molecule has 0 saturated heterocycles. The zero-order chi connectivity index (χ0) is 13.0. The number of phenols is 1. The Morgan fingerprint density at radius 2 is 2.12 bits per heavy atom. The number of aliphatic hydroxyl groups excluding tert-OH is 2. The van der Waals surface area contributed by atoms with E-state index in [0.29, 0.717) is 0 Å². The van der Waals surface area contributed by atoms with E-state index in [1.54, 1.807) is 0 Å². The number of aliphatic hydroxyl groups is 2. The zero-order valence-electron chi connectivity index (χ0n) is 9.33. The third kappa shape index (κ3) is 3.33. The second kappa shape index (κ2) is 5.51. The van der Waals surface area contributed by atoms with Gasteiger partial charge in [-0.1, -0.05) is 0 Å². The number of carbonyl (C=O) groups excluding carboxylic acids is 1. The lowest BCUT2D eigenvalue weighted by molar-refractivity contribution is -0.121. The van der Waals surface area contributed by atoms with Gasteiger partial charge in [0.15, 0.2) is 0 Å². The number of methoxy groups -OCH3 is 1. The number of primary amides is 1. The second-order valence-corrected chi connectivity index (χ2v) is 3.61. The lowest BCUT2D eigenvalue weighted by Gasteiger charge is -2.19. The van der Waals surface area contributed by atoms with Crippen molar-refractivity contribution in [1.82, 2.24) is 0 Å². The predicted octanol–water partition coefficient (Wildman–Crippen LogP) is -0.330. The molecule has 0 fully saturated rings. The summed E-state index contributed by atoms with van der Waals surface area (Å²) in [5.41, 5.74) is 5.20. The normalized spacial score (nSPS) is 14.1. The van der Waals surface area contributed by atoms with Crippen molar-refractivity contribution < 1.29 is 24.9 Å². The van der Waals surface area contributed by atoms with Crippen LogP contribution in [0.1, 0.15) is 18.1 Å². The topological polar surface area (TPSA) is 113 Å². The van der Waals surface area contributed by atoms with E-state index in [4.69, 9.17) is 10.5 Å². The molecule has 1 aromatic carbocycles. The van der Waals surface area contributed by atoms with Gasteiger partial charge in [-0.2, -0.15) is 0 Å². The highest BCUT2D eigenvalue weighted by Crippen LogP contribution is 2.31. The van der Waals surface area contributed by atoms with Crippen molar-refractivity contribution in [3.63, 3.8) is 0 Å². The maximum Gasteiger partial charge on any atom is 0.220 e. The largest absolute Gasteiger partial charge is 0.508 e. The van der Waals surface area contributed by atoms with Gasteiger partial charge >= 0.3 is 0 Å². The summed E-state index contributed by atoms with van der Waals surface area (Å²) in [4.78, 5) is 10.6. The fourth-order valence-electron chi connectivity index (χ4n) is 1.47. The van der Waals surface area contributed by atoms with Crippen LogP contribution in [0.3, 0.4) is 0 Å². The minimum absolute atomic E-state index is 0.0257. The molecule has 0 aliphatic rings. The zero-order valence-corrected chi connectivity index (χ0v) is 9.33. The van der Waals surface area contributed by atoms with E-state index in [2.05, 4.69) is 0 Å². The Morgan fingerprint density at radius 1 is 1.47 bits per heavy atom. The molecule has 1 amide bonds. The molecule has 0 bridgehead atoms. The molecule has 1 rings (SSSR count). The smallest absolute Gasteiger partial charge is 0.220 e. The number of aromatic hydroxyl groups is 1. The molecule has 2 atom stereocenters. The van der Waals surface area contributed by atoms with Gasteiger partial charge in [-0.05, 0) is 12.1 Å². The van der Waals surface area contributed by atoms with Crippen LogP contribution in [0.15, 0.2) is 18.2 Å². The number of rotatable bonds is 5. The van der Waals surface area contributed by atoms with Gasteiger partial charge in [-0.25, -0.2) is 0 Å². The van der Waals surface area contributed by atoms with Gasteiger partial charge in [-0.15, -0.1) is 0 Å². The Balaban J connectivity index is 2.94. The standard InChI is InChI=1S/C11H15NO5/c1-17-9-4-6(13)2-3-7(9)11(16)8(14)5-10(12)15/h2-4,8,11,13-14,16H,5H2,1H3,(H2,12,15). The molecule has 2 unspecified atom stereocenters. The van der Waals surface area contributed by atoms with Crippen LogP contribution in [0.5, 0.6) is 11.5 Å². The van der Waals surface area contributed by atoms with Gasteiger partial charge in [0.2, 0.25) is 5.91 Å². The number of hydrogen-bond acceptors (Lipinski definition) is 5. The van der Waals surface area contributed by atoms with Crippen molar-refractivity contribution >= 4 is 5.91 Å². The lowest BCUT2D eigenvalue weighted by Crippen LogP contribution is -2.25. The van der Waals surface area contributed by atoms with Crippen molar-refractivity contribution in [3.05, 3.63) is 23.8 Å². The summed E-state index contributed by atoms with van der Waals surface area (Å²) in [5.74, 6) is -0.516. The Kier molecular flexibility index (Phi) is 4.30. The van der Waals surface area contributed by atoms with Gasteiger partial charge in [0, 0.05) is 11.6 Å². The quantitative estimate of drug-likeness (QED) is 0.563. The minimum Gasteiger partial charge on any atom is -0.508 e. The monoisotopic (exact) mass is 241 g/mol. The molecule has 17 heavy (non-hydrogen) atoms. The van der Waals surface area contributed by atoms with Gasteiger partial charge in [0.05, 0.1) is 19.6 Å². The van der Waals surface area contributed by atoms with E-state index < -0.39 is 18.1 Å². The Hall–Kier alpha value is -1.79. The number of hydrogen-bond donors (Lipinski definition) is 4. The fourth-order valence-corrected chi connectivity index (χ4v) is 1.47. The number of carbonyl (C=O) groups is 1. The summed E-state index contributed by atoms with van der Waals surface area (Å²) in [5, 5.41) is 28.6. The van der Waals surface area contributed by atoms with Crippen molar-refractivity contribution in [2.24, 2.45) is 5.73 Å². The first-order valence-corrected chi connectivity index (χ1v) is 4.97. The van der Waals surface area contributed by atoms with Gasteiger partial charge in [-0.3, -0.25) is 4.79 Å². The number of phenolic OH excluding ortho intramolecular Hbond substituents is 1. The first-order valence-electron chi connectivity index (χ1n) is 4.97. The van der Waals surface area contributed by atoms with Crippen molar-refractivity contribution in [3.8, 4) is 11.5 Å². The van der Waals surface area contributed by atoms with E-state index >= 15 is 0 Å². The molecule has 6 heteroatoms. The highest BCUT2D eigenvalue weighted by Gasteiger charge is 2.23. The van der Waals surface area contributed by atoms with Crippen LogP contribution in [-0.4, -0.2) is 34.4 Å². The molecule has 0 radical (unpaired) electrons. The Labute approximate surface area is 98.3 Å². The maximum absolute atomic E-state index is 10.6. The molecule has 5 N–H and O–H groups in total. The van der Waals surface area contributed by atoms with E-state index in [1.807, 2.05) is 0 Å². The minimum atomic E-state index is -1.31. The summed E-state index contributed by atoms with van der Waals surface area (Å²) in [7, 11) is 1.37. The molecule has 0 aliphatic carbocycles. The SMILES string of the molecule is COc1cc(O)ccc1C(O)C(O)CC(N)=O. The number of benzene rings is 1. The molecule has 1 aromatic rings. The summed E-state index contributed by atoms with van der Waals surface area (Å²) < 4.78 is 4.96. The molecular weight excluding hydrogens is 226 g/mol. The average Bonchev–Trinajstić information content (AvgIpc) is 2.27. The average molecular weight is 241 g/mol. The van der Waals surface area contributed by atoms with Gasteiger partial charge in [0.1, 0.15) is 17.6 Å². The number of amides is 1. The molecule has 94 valence electrons.